The maximum absolute atomic E-state index is 7.67. The van der Waals surface area contributed by atoms with Crippen molar-refractivity contribution in [2.75, 3.05) is 5.32 Å². The van der Waals surface area contributed by atoms with Gasteiger partial charge in [-0.15, -0.1) is 0 Å². The van der Waals surface area contributed by atoms with Crippen molar-refractivity contribution >= 4 is 17.6 Å². The zero-order chi connectivity index (χ0) is 12.8. The number of benzene rings is 1. The van der Waals surface area contributed by atoms with E-state index in [0.29, 0.717) is 0 Å². The van der Waals surface area contributed by atoms with Gasteiger partial charge in [0.1, 0.15) is 0 Å². The Kier molecular flexibility index (Phi) is 4.51. The summed E-state index contributed by atoms with van der Waals surface area (Å²) in [7, 11) is 0. The van der Waals surface area contributed by atoms with Crippen LogP contribution in [0.15, 0.2) is 24.3 Å². The molecule has 0 radical (unpaired) electrons. The lowest BCUT2D eigenvalue weighted by molar-refractivity contribution is 0.718. The average Bonchev–Trinajstić information content (AvgIpc) is 2.14. The van der Waals surface area contributed by atoms with Crippen molar-refractivity contribution in [1.29, 1.82) is 10.8 Å². The van der Waals surface area contributed by atoms with E-state index in [1.54, 1.807) is 0 Å². The van der Waals surface area contributed by atoms with Crippen molar-refractivity contribution in [1.82, 2.24) is 10.6 Å². The van der Waals surface area contributed by atoms with Gasteiger partial charge >= 0.3 is 0 Å². The van der Waals surface area contributed by atoms with Crippen molar-refractivity contribution in [2.45, 2.75) is 26.8 Å². The van der Waals surface area contributed by atoms with Gasteiger partial charge in [0.25, 0.3) is 0 Å². The van der Waals surface area contributed by atoms with E-state index in [4.69, 9.17) is 10.8 Å². The molecule has 0 aliphatic carbocycles. The summed E-state index contributed by atoms with van der Waals surface area (Å²) in [6, 6.07) is 7.90. The molecule has 0 amide bonds. The van der Waals surface area contributed by atoms with E-state index in [9.17, 15) is 0 Å². The minimum absolute atomic E-state index is 0.0775. The molecule has 0 aromatic heterocycles. The molecule has 1 aromatic carbocycles. The van der Waals surface area contributed by atoms with E-state index < -0.39 is 0 Å². The number of anilines is 1. The van der Waals surface area contributed by atoms with Gasteiger partial charge in [-0.2, -0.15) is 0 Å². The summed E-state index contributed by atoms with van der Waals surface area (Å²) < 4.78 is 0. The Labute approximate surface area is 102 Å². The molecular weight excluding hydrogens is 214 g/mol. The van der Waals surface area contributed by atoms with Crippen molar-refractivity contribution in [3.8, 4) is 0 Å². The Morgan fingerprint density at radius 1 is 1.18 bits per heavy atom. The fourth-order valence-corrected chi connectivity index (χ4v) is 1.35. The van der Waals surface area contributed by atoms with E-state index in [1.165, 1.54) is 0 Å². The van der Waals surface area contributed by atoms with Crippen molar-refractivity contribution in [3.05, 3.63) is 29.8 Å². The molecule has 0 unspecified atom stereocenters. The largest absolute Gasteiger partial charge is 0.354 e. The summed E-state index contributed by atoms with van der Waals surface area (Å²) in [6.45, 7) is 5.87. The van der Waals surface area contributed by atoms with Crippen LogP contribution in [0.1, 0.15) is 19.4 Å². The second-order valence-electron chi connectivity index (χ2n) is 4.17. The molecule has 1 aromatic rings. The highest BCUT2D eigenvalue weighted by Crippen LogP contribution is 2.08. The lowest BCUT2D eigenvalue weighted by Crippen LogP contribution is -2.45. The van der Waals surface area contributed by atoms with Crippen LogP contribution in [-0.2, 0) is 0 Å². The normalized spacial score (nSPS) is 9.88. The first-order valence-corrected chi connectivity index (χ1v) is 5.51. The highest BCUT2D eigenvalue weighted by Gasteiger charge is 2.02. The number of rotatable bonds is 2. The Bertz CT molecular complexity index is 411. The predicted octanol–water partition coefficient (Wildman–Crippen LogP) is 1.86. The maximum atomic E-state index is 7.67. The van der Waals surface area contributed by atoms with Gasteiger partial charge in [0.2, 0.25) is 0 Å². The average molecular weight is 233 g/mol. The topological polar surface area (TPSA) is 83.8 Å². The Morgan fingerprint density at radius 2 is 1.88 bits per heavy atom. The smallest absolute Gasteiger partial charge is 0.199 e. The molecular formula is C12H19N5. The van der Waals surface area contributed by atoms with E-state index >= 15 is 0 Å². The fourth-order valence-electron chi connectivity index (χ4n) is 1.35. The second-order valence-corrected chi connectivity index (χ2v) is 4.17. The third-order valence-electron chi connectivity index (χ3n) is 1.97. The molecule has 0 saturated heterocycles. The molecule has 0 spiro atoms. The van der Waals surface area contributed by atoms with Crippen LogP contribution >= 0.6 is 0 Å². The van der Waals surface area contributed by atoms with E-state index in [1.807, 2.05) is 45.0 Å². The molecule has 0 fully saturated rings. The quantitative estimate of drug-likeness (QED) is 0.399. The van der Waals surface area contributed by atoms with Crippen LogP contribution in [0.4, 0.5) is 5.69 Å². The number of guanidine groups is 2. The van der Waals surface area contributed by atoms with Gasteiger partial charge in [-0.05, 0) is 38.5 Å². The second kappa shape index (κ2) is 5.89. The van der Waals surface area contributed by atoms with Crippen LogP contribution in [0.2, 0.25) is 0 Å². The molecule has 5 N–H and O–H groups in total. The van der Waals surface area contributed by atoms with Crippen LogP contribution in [0.3, 0.4) is 0 Å². The van der Waals surface area contributed by atoms with Crippen molar-refractivity contribution < 1.29 is 0 Å². The van der Waals surface area contributed by atoms with Crippen LogP contribution < -0.4 is 16.0 Å². The van der Waals surface area contributed by atoms with Gasteiger partial charge in [0.15, 0.2) is 11.9 Å². The number of nitrogens with one attached hydrogen (secondary N) is 5. The van der Waals surface area contributed by atoms with E-state index in [2.05, 4.69) is 16.0 Å². The lowest BCUT2D eigenvalue weighted by Gasteiger charge is -2.14. The highest BCUT2D eigenvalue weighted by molar-refractivity contribution is 6.02. The van der Waals surface area contributed by atoms with Crippen LogP contribution in [0.5, 0.6) is 0 Å². The Balaban J connectivity index is 2.47. The monoisotopic (exact) mass is 233 g/mol. The van der Waals surface area contributed by atoms with E-state index in [-0.39, 0.29) is 18.0 Å². The molecule has 0 atom stereocenters. The van der Waals surface area contributed by atoms with Crippen LogP contribution in [0.25, 0.3) is 0 Å². The molecule has 1 rings (SSSR count). The summed E-state index contributed by atoms with van der Waals surface area (Å²) in [6.07, 6.45) is 0. The molecule has 0 bridgehead atoms. The third kappa shape index (κ3) is 5.01. The van der Waals surface area contributed by atoms with Crippen LogP contribution in [0, 0.1) is 17.7 Å². The van der Waals surface area contributed by atoms with Crippen LogP contribution in [-0.4, -0.2) is 18.0 Å². The Hall–Kier alpha value is -2.04. The van der Waals surface area contributed by atoms with Gasteiger partial charge in [-0.3, -0.25) is 16.1 Å². The van der Waals surface area contributed by atoms with Gasteiger partial charge < -0.3 is 10.6 Å². The first kappa shape index (κ1) is 13.0. The zero-order valence-corrected chi connectivity index (χ0v) is 10.4. The number of hydrogen-bond donors (Lipinski definition) is 5. The first-order chi connectivity index (χ1) is 7.97. The standard InChI is InChI=1S/C12H19N5/c1-8(2)15-11(13)17-12(14)16-10-6-4-5-9(3)7-10/h4-8H,1-3H3,(H5,13,14,15,16,17). The molecule has 17 heavy (non-hydrogen) atoms. The summed E-state index contributed by atoms with van der Waals surface area (Å²) in [5.41, 5.74) is 1.96. The van der Waals surface area contributed by atoms with Gasteiger partial charge in [-0.25, -0.2) is 0 Å². The van der Waals surface area contributed by atoms with Gasteiger partial charge in [0, 0.05) is 11.7 Å². The molecule has 5 nitrogen and oxygen atoms in total. The molecule has 0 aliphatic rings. The SMILES string of the molecule is Cc1cccc(NC(=N)NC(=N)NC(C)C)c1. The number of aryl methyl sites for hydroxylation is 1. The summed E-state index contributed by atoms with van der Waals surface area (Å²) in [4.78, 5) is 0. The Morgan fingerprint density at radius 3 is 2.47 bits per heavy atom. The summed E-state index contributed by atoms with van der Waals surface area (Å²) >= 11 is 0. The lowest BCUT2D eigenvalue weighted by atomic mass is 10.2. The molecule has 5 heteroatoms. The number of hydrogen-bond acceptors (Lipinski definition) is 2. The van der Waals surface area contributed by atoms with Gasteiger partial charge in [-0.1, -0.05) is 12.1 Å². The molecule has 0 saturated carbocycles. The van der Waals surface area contributed by atoms with Crippen molar-refractivity contribution in [3.63, 3.8) is 0 Å². The summed E-state index contributed by atoms with van der Waals surface area (Å²) in [5, 5.41) is 23.6. The molecule has 92 valence electrons. The molecule has 0 aliphatic heterocycles. The van der Waals surface area contributed by atoms with E-state index in [0.717, 1.165) is 11.3 Å². The molecule has 0 heterocycles. The highest BCUT2D eigenvalue weighted by atomic mass is 15.2. The predicted molar refractivity (Wildman–Crippen MR) is 71.7 cm³/mol. The first-order valence-electron chi connectivity index (χ1n) is 5.51. The fraction of sp³-hybridized carbons (Fsp3) is 0.333. The maximum Gasteiger partial charge on any atom is 0.199 e. The summed E-state index contributed by atoms with van der Waals surface area (Å²) in [5.74, 6) is 0.193. The van der Waals surface area contributed by atoms with Crippen molar-refractivity contribution in [2.24, 2.45) is 0 Å². The minimum atomic E-state index is 0.0775. The van der Waals surface area contributed by atoms with Gasteiger partial charge in [0.05, 0.1) is 0 Å². The third-order valence-corrected chi connectivity index (χ3v) is 1.97. The minimum Gasteiger partial charge on any atom is -0.354 e. The zero-order valence-electron chi connectivity index (χ0n) is 10.4.